The van der Waals surface area contributed by atoms with Crippen LogP contribution in [-0.2, 0) is 6.18 Å². The van der Waals surface area contributed by atoms with Crippen molar-refractivity contribution in [1.29, 1.82) is 0 Å². The zero-order valence-electron chi connectivity index (χ0n) is 11.2. The van der Waals surface area contributed by atoms with E-state index in [1.807, 2.05) is 0 Å². The Labute approximate surface area is 119 Å². The van der Waals surface area contributed by atoms with Crippen molar-refractivity contribution < 1.29 is 18.0 Å². The lowest BCUT2D eigenvalue weighted by atomic mass is 10.1. The summed E-state index contributed by atoms with van der Waals surface area (Å²) in [5, 5.41) is 2.42. The number of anilines is 2. The molecule has 3 N–H and O–H groups in total. The van der Waals surface area contributed by atoms with Gasteiger partial charge in [-0.2, -0.15) is 13.2 Å². The number of carbonyl (C=O) groups is 1. The highest BCUT2D eigenvalue weighted by Gasteiger charge is 2.30. The Morgan fingerprint density at radius 2 is 1.86 bits per heavy atom. The number of nitrogen functional groups attached to an aromatic ring is 1. The second-order valence-electron chi connectivity index (χ2n) is 4.62. The predicted octanol–water partition coefficient (Wildman–Crippen LogP) is 3.85. The maximum absolute atomic E-state index is 12.6. The van der Waals surface area contributed by atoms with Crippen molar-refractivity contribution in [3.63, 3.8) is 0 Å². The molecule has 0 radical (unpaired) electrons. The molecule has 0 unspecified atom stereocenters. The summed E-state index contributed by atoms with van der Waals surface area (Å²) in [4.78, 5) is 12.1. The minimum absolute atomic E-state index is 0.0655. The van der Waals surface area contributed by atoms with Gasteiger partial charge in [0.2, 0.25) is 0 Å². The molecule has 0 saturated heterocycles. The number of hydrogen-bond donors (Lipinski definition) is 2. The summed E-state index contributed by atoms with van der Waals surface area (Å²) in [5.74, 6) is -0.546. The molecule has 110 valence electrons. The van der Waals surface area contributed by atoms with Crippen LogP contribution in [0.1, 0.15) is 21.5 Å². The lowest BCUT2D eigenvalue weighted by Crippen LogP contribution is -2.15. The molecule has 0 atom stereocenters. The van der Waals surface area contributed by atoms with Crippen molar-refractivity contribution in [2.45, 2.75) is 13.1 Å². The Hall–Kier alpha value is -2.50. The molecule has 21 heavy (non-hydrogen) atoms. The molecule has 2 aromatic rings. The Balaban J connectivity index is 2.26. The fourth-order valence-corrected chi connectivity index (χ4v) is 1.84. The van der Waals surface area contributed by atoms with E-state index in [0.29, 0.717) is 0 Å². The average molecular weight is 294 g/mol. The third-order valence-corrected chi connectivity index (χ3v) is 2.90. The fourth-order valence-electron chi connectivity index (χ4n) is 1.84. The Morgan fingerprint density at radius 1 is 1.14 bits per heavy atom. The fraction of sp³-hybridized carbons (Fsp3) is 0.133. The molecule has 0 aliphatic heterocycles. The first-order valence-electron chi connectivity index (χ1n) is 6.12. The molecule has 0 aliphatic carbocycles. The second-order valence-corrected chi connectivity index (χ2v) is 4.62. The summed E-state index contributed by atoms with van der Waals surface area (Å²) in [5.41, 5.74) is 6.28. The van der Waals surface area contributed by atoms with Crippen LogP contribution in [0.15, 0.2) is 42.5 Å². The zero-order valence-corrected chi connectivity index (χ0v) is 11.2. The summed E-state index contributed by atoms with van der Waals surface area (Å²) < 4.78 is 37.8. The summed E-state index contributed by atoms with van der Waals surface area (Å²) in [6, 6.07) is 9.35. The smallest absolute Gasteiger partial charge is 0.398 e. The lowest BCUT2D eigenvalue weighted by Gasteiger charge is -2.11. The lowest BCUT2D eigenvalue weighted by molar-refractivity contribution is -0.137. The van der Waals surface area contributed by atoms with Crippen LogP contribution in [0.25, 0.3) is 0 Å². The predicted molar refractivity (Wildman–Crippen MR) is 75.0 cm³/mol. The highest BCUT2D eigenvalue weighted by Crippen LogP contribution is 2.30. The number of benzene rings is 2. The maximum atomic E-state index is 12.6. The Bertz CT molecular complexity index is 681. The largest absolute Gasteiger partial charge is 0.416 e. The zero-order chi connectivity index (χ0) is 15.6. The van der Waals surface area contributed by atoms with Gasteiger partial charge in [-0.15, -0.1) is 0 Å². The van der Waals surface area contributed by atoms with Crippen LogP contribution < -0.4 is 11.1 Å². The molecule has 0 bridgehead atoms. The number of alkyl halides is 3. The van der Waals surface area contributed by atoms with Crippen molar-refractivity contribution in [3.8, 4) is 0 Å². The van der Waals surface area contributed by atoms with Gasteiger partial charge in [-0.25, -0.2) is 0 Å². The van der Waals surface area contributed by atoms with E-state index in [-0.39, 0.29) is 16.9 Å². The number of carbonyl (C=O) groups excluding carboxylic acids is 1. The first-order valence-corrected chi connectivity index (χ1v) is 6.12. The standard InChI is InChI=1S/C15H13F3N2O/c1-9-5-6-13(19)12(7-9)14(21)20-11-4-2-3-10(8-11)15(16,17)18/h2-8H,19H2,1H3,(H,20,21). The van der Waals surface area contributed by atoms with E-state index >= 15 is 0 Å². The Morgan fingerprint density at radius 3 is 2.52 bits per heavy atom. The Kier molecular flexibility index (Phi) is 3.88. The minimum Gasteiger partial charge on any atom is -0.398 e. The molecule has 1 amide bonds. The molecule has 0 saturated carbocycles. The van der Waals surface area contributed by atoms with Gasteiger partial charge in [0, 0.05) is 11.4 Å². The van der Waals surface area contributed by atoms with Gasteiger partial charge in [0.25, 0.3) is 5.91 Å². The summed E-state index contributed by atoms with van der Waals surface area (Å²) in [7, 11) is 0. The van der Waals surface area contributed by atoms with Crippen molar-refractivity contribution in [1.82, 2.24) is 0 Å². The van der Waals surface area contributed by atoms with Crippen molar-refractivity contribution in [2.24, 2.45) is 0 Å². The van der Waals surface area contributed by atoms with Crippen molar-refractivity contribution in [2.75, 3.05) is 11.1 Å². The second kappa shape index (κ2) is 5.47. The maximum Gasteiger partial charge on any atom is 0.416 e. The highest BCUT2D eigenvalue weighted by molar-refractivity contribution is 6.07. The number of hydrogen-bond acceptors (Lipinski definition) is 2. The topological polar surface area (TPSA) is 55.1 Å². The van der Waals surface area contributed by atoms with E-state index in [1.54, 1.807) is 25.1 Å². The third kappa shape index (κ3) is 3.53. The number of rotatable bonds is 2. The van der Waals surface area contributed by atoms with E-state index in [9.17, 15) is 18.0 Å². The van der Waals surface area contributed by atoms with Gasteiger partial charge in [0.15, 0.2) is 0 Å². The van der Waals surface area contributed by atoms with Gasteiger partial charge in [-0.05, 0) is 37.3 Å². The van der Waals surface area contributed by atoms with Crippen LogP contribution in [-0.4, -0.2) is 5.91 Å². The summed E-state index contributed by atoms with van der Waals surface area (Å²) in [6.07, 6.45) is -4.46. The van der Waals surface area contributed by atoms with Gasteiger partial charge in [0.1, 0.15) is 0 Å². The van der Waals surface area contributed by atoms with Crippen LogP contribution in [0.2, 0.25) is 0 Å². The summed E-state index contributed by atoms with van der Waals surface area (Å²) >= 11 is 0. The first kappa shape index (κ1) is 14.9. The van der Waals surface area contributed by atoms with Crippen LogP contribution in [0.5, 0.6) is 0 Å². The normalized spacial score (nSPS) is 11.2. The van der Waals surface area contributed by atoms with Gasteiger partial charge in [-0.3, -0.25) is 4.79 Å². The molecule has 0 fully saturated rings. The number of halogens is 3. The molecule has 0 heterocycles. The summed E-state index contributed by atoms with van der Waals surface area (Å²) in [6.45, 7) is 1.79. The molecule has 0 spiro atoms. The number of amides is 1. The van der Waals surface area contributed by atoms with E-state index in [1.165, 1.54) is 12.1 Å². The van der Waals surface area contributed by atoms with E-state index in [0.717, 1.165) is 17.7 Å². The molecular formula is C15H13F3N2O. The monoisotopic (exact) mass is 294 g/mol. The van der Waals surface area contributed by atoms with Crippen LogP contribution in [0.4, 0.5) is 24.5 Å². The van der Waals surface area contributed by atoms with E-state index < -0.39 is 17.6 Å². The van der Waals surface area contributed by atoms with Gasteiger partial charge < -0.3 is 11.1 Å². The molecule has 0 aliphatic rings. The number of aryl methyl sites for hydroxylation is 1. The van der Waals surface area contributed by atoms with Crippen LogP contribution >= 0.6 is 0 Å². The van der Waals surface area contributed by atoms with Crippen molar-refractivity contribution in [3.05, 3.63) is 59.2 Å². The number of nitrogens with two attached hydrogens (primary N) is 1. The van der Waals surface area contributed by atoms with Gasteiger partial charge in [0.05, 0.1) is 11.1 Å². The van der Waals surface area contributed by atoms with Gasteiger partial charge >= 0.3 is 6.18 Å². The van der Waals surface area contributed by atoms with Crippen LogP contribution in [0, 0.1) is 6.92 Å². The average Bonchev–Trinajstić information content (AvgIpc) is 2.41. The van der Waals surface area contributed by atoms with Crippen molar-refractivity contribution >= 4 is 17.3 Å². The van der Waals surface area contributed by atoms with E-state index in [2.05, 4.69) is 5.32 Å². The molecule has 2 rings (SSSR count). The van der Waals surface area contributed by atoms with E-state index in [4.69, 9.17) is 5.73 Å². The highest BCUT2D eigenvalue weighted by atomic mass is 19.4. The molecule has 2 aromatic carbocycles. The van der Waals surface area contributed by atoms with Crippen LogP contribution in [0.3, 0.4) is 0 Å². The number of nitrogens with one attached hydrogen (secondary N) is 1. The molecular weight excluding hydrogens is 281 g/mol. The SMILES string of the molecule is Cc1ccc(N)c(C(=O)Nc2cccc(C(F)(F)F)c2)c1. The molecule has 6 heteroatoms. The molecule has 0 aromatic heterocycles. The molecule has 3 nitrogen and oxygen atoms in total. The minimum atomic E-state index is -4.46. The van der Waals surface area contributed by atoms with Gasteiger partial charge in [-0.1, -0.05) is 17.7 Å². The quantitative estimate of drug-likeness (QED) is 0.827. The first-order chi connectivity index (χ1) is 9.77. The third-order valence-electron chi connectivity index (χ3n) is 2.90.